The summed E-state index contributed by atoms with van der Waals surface area (Å²) in [5, 5.41) is 3.41. The third-order valence-corrected chi connectivity index (χ3v) is 4.35. The Morgan fingerprint density at radius 1 is 1.05 bits per heavy atom. The molecule has 1 aliphatic heterocycles. The van der Waals surface area contributed by atoms with E-state index < -0.39 is 0 Å². The normalized spacial score (nSPS) is 15.9. The van der Waals surface area contributed by atoms with Gasteiger partial charge in [-0.3, -0.25) is 0 Å². The van der Waals surface area contributed by atoms with E-state index in [0.717, 1.165) is 43.5 Å². The lowest BCUT2D eigenvalue weighted by atomic mass is 10.1. The van der Waals surface area contributed by atoms with E-state index in [1.165, 1.54) is 11.1 Å². The Bertz CT molecular complexity index is 647. The Morgan fingerprint density at radius 3 is 2.59 bits per heavy atom. The third-order valence-electron chi connectivity index (χ3n) is 4.35. The maximum atomic E-state index is 4.43. The van der Waals surface area contributed by atoms with Crippen LogP contribution in [0.25, 0.3) is 0 Å². The van der Waals surface area contributed by atoms with E-state index in [4.69, 9.17) is 0 Å². The molecule has 5 heteroatoms. The van der Waals surface area contributed by atoms with Gasteiger partial charge in [-0.2, -0.15) is 0 Å². The van der Waals surface area contributed by atoms with E-state index in [1.807, 2.05) is 6.07 Å². The van der Waals surface area contributed by atoms with Crippen LogP contribution in [0, 0.1) is 13.8 Å². The van der Waals surface area contributed by atoms with E-state index in [-0.39, 0.29) is 0 Å². The van der Waals surface area contributed by atoms with E-state index in [2.05, 4.69) is 64.2 Å². The zero-order valence-electron chi connectivity index (χ0n) is 13.5. The number of aromatic nitrogens is 2. The first kappa shape index (κ1) is 14.8. The van der Waals surface area contributed by atoms with E-state index in [9.17, 15) is 0 Å². The highest BCUT2D eigenvalue weighted by Gasteiger charge is 2.15. The summed E-state index contributed by atoms with van der Waals surface area (Å²) in [6, 6.07) is 8.30. The molecule has 116 valence electrons. The van der Waals surface area contributed by atoms with Crippen molar-refractivity contribution in [2.45, 2.75) is 13.8 Å². The number of likely N-dealkylation sites (N-methyl/N-ethyl adjacent to an activating group) is 1. The fraction of sp³-hybridized carbons (Fsp3) is 0.412. The molecule has 3 rings (SSSR count). The van der Waals surface area contributed by atoms with Gasteiger partial charge in [-0.05, 0) is 38.1 Å². The fourth-order valence-corrected chi connectivity index (χ4v) is 2.65. The average molecular weight is 297 g/mol. The summed E-state index contributed by atoms with van der Waals surface area (Å²) in [7, 11) is 2.16. The van der Waals surface area contributed by atoms with Crippen molar-refractivity contribution in [1.82, 2.24) is 14.9 Å². The van der Waals surface area contributed by atoms with Gasteiger partial charge in [0.1, 0.15) is 18.0 Å². The van der Waals surface area contributed by atoms with Crippen LogP contribution in [0.15, 0.2) is 30.6 Å². The number of hydrogen-bond donors (Lipinski definition) is 1. The van der Waals surface area contributed by atoms with Crippen molar-refractivity contribution < 1.29 is 0 Å². The number of hydrogen-bond acceptors (Lipinski definition) is 5. The molecule has 0 aliphatic carbocycles. The smallest absolute Gasteiger partial charge is 0.135 e. The van der Waals surface area contributed by atoms with Crippen molar-refractivity contribution >= 4 is 17.3 Å². The van der Waals surface area contributed by atoms with Crippen LogP contribution in [0.4, 0.5) is 17.3 Å². The Labute approximate surface area is 132 Å². The number of anilines is 3. The monoisotopic (exact) mass is 297 g/mol. The molecule has 0 radical (unpaired) electrons. The van der Waals surface area contributed by atoms with Crippen LogP contribution in [-0.4, -0.2) is 48.1 Å². The van der Waals surface area contributed by atoms with E-state index in [1.54, 1.807) is 6.33 Å². The summed E-state index contributed by atoms with van der Waals surface area (Å²) < 4.78 is 0. The van der Waals surface area contributed by atoms with Gasteiger partial charge in [0.15, 0.2) is 0 Å². The highest BCUT2D eigenvalue weighted by Crippen LogP contribution is 2.23. The highest BCUT2D eigenvalue weighted by atomic mass is 15.3. The van der Waals surface area contributed by atoms with Gasteiger partial charge in [-0.15, -0.1) is 0 Å². The second-order valence-corrected chi connectivity index (χ2v) is 5.92. The average Bonchev–Trinajstić information content (AvgIpc) is 2.53. The van der Waals surface area contributed by atoms with Crippen molar-refractivity contribution in [2.24, 2.45) is 0 Å². The van der Waals surface area contributed by atoms with Crippen molar-refractivity contribution in [3.63, 3.8) is 0 Å². The predicted molar refractivity (Wildman–Crippen MR) is 90.9 cm³/mol. The molecule has 2 aromatic rings. The second kappa shape index (κ2) is 6.32. The number of piperazine rings is 1. The molecule has 0 bridgehead atoms. The fourth-order valence-electron chi connectivity index (χ4n) is 2.65. The molecular formula is C17H23N5. The summed E-state index contributed by atoms with van der Waals surface area (Å²) in [5.74, 6) is 1.84. The summed E-state index contributed by atoms with van der Waals surface area (Å²) >= 11 is 0. The van der Waals surface area contributed by atoms with Crippen LogP contribution in [0.5, 0.6) is 0 Å². The van der Waals surface area contributed by atoms with Crippen LogP contribution in [0.2, 0.25) is 0 Å². The zero-order valence-corrected chi connectivity index (χ0v) is 13.5. The van der Waals surface area contributed by atoms with Crippen LogP contribution >= 0.6 is 0 Å². The number of rotatable bonds is 3. The first-order valence-electron chi connectivity index (χ1n) is 7.72. The van der Waals surface area contributed by atoms with Gasteiger partial charge in [0.2, 0.25) is 0 Å². The molecule has 0 spiro atoms. The van der Waals surface area contributed by atoms with Crippen LogP contribution in [-0.2, 0) is 0 Å². The molecule has 2 heterocycles. The van der Waals surface area contributed by atoms with Crippen molar-refractivity contribution in [3.8, 4) is 0 Å². The lowest BCUT2D eigenvalue weighted by Crippen LogP contribution is -2.44. The van der Waals surface area contributed by atoms with Crippen molar-refractivity contribution in [3.05, 3.63) is 41.7 Å². The first-order valence-corrected chi connectivity index (χ1v) is 7.72. The Balaban J connectivity index is 1.78. The zero-order chi connectivity index (χ0) is 15.5. The molecule has 0 amide bonds. The molecule has 1 saturated heterocycles. The van der Waals surface area contributed by atoms with Gasteiger partial charge in [-0.1, -0.05) is 12.1 Å². The third kappa shape index (κ3) is 3.20. The van der Waals surface area contributed by atoms with Gasteiger partial charge in [0, 0.05) is 37.9 Å². The van der Waals surface area contributed by atoms with Crippen molar-refractivity contribution in [2.75, 3.05) is 43.4 Å². The van der Waals surface area contributed by atoms with Crippen LogP contribution < -0.4 is 10.2 Å². The molecule has 1 aliphatic rings. The first-order chi connectivity index (χ1) is 10.6. The van der Waals surface area contributed by atoms with Gasteiger partial charge in [-0.25, -0.2) is 9.97 Å². The van der Waals surface area contributed by atoms with Gasteiger partial charge >= 0.3 is 0 Å². The minimum absolute atomic E-state index is 0.845. The van der Waals surface area contributed by atoms with Crippen LogP contribution in [0.3, 0.4) is 0 Å². The summed E-state index contributed by atoms with van der Waals surface area (Å²) in [6.07, 6.45) is 1.64. The molecule has 1 N–H and O–H groups in total. The number of nitrogens with zero attached hydrogens (tertiary/aromatic N) is 4. The standard InChI is InChI=1S/C17H23N5/c1-13-5-4-6-15(14(13)2)20-16-11-17(19-12-18-16)22-9-7-21(3)8-10-22/h4-6,11-12H,7-10H2,1-3H3,(H,18,19,20). The Hall–Kier alpha value is -2.14. The van der Waals surface area contributed by atoms with Gasteiger partial charge in [0.25, 0.3) is 0 Å². The minimum Gasteiger partial charge on any atom is -0.354 e. The molecule has 1 aromatic carbocycles. The lowest BCUT2D eigenvalue weighted by molar-refractivity contribution is 0.312. The molecule has 0 unspecified atom stereocenters. The maximum Gasteiger partial charge on any atom is 0.135 e. The van der Waals surface area contributed by atoms with Crippen LogP contribution in [0.1, 0.15) is 11.1 Å². The van der Waals surface area contributed by atoms with Crippen molar-refractivity contribution in [1.29, 1.82) is 0 Å². The van der Waals surface area contributed by atoms with E-state index in [0.29, 0.717) is 0 Å². The largest absolute Gasteiger partial charge is 0.354 e. The maximum absolute atomic E-state index is 4.43. The molecule has 1 aromatic heterocycles. The molecule has 0 saturated carbocycles. The Kier molecular flexibility index (Phi) is 4.24. The molecule has 1 fully saturated rings. The molecule has 0 atom stereocenters. The SMILES string of the molecule is Cc1cccc(Nc2cc(N3CCN(C)CC3)ncn2)c1C. The summed E-state index contributed by atoms with van der Waals surface area (Å²) in [5.41, 5.74) is 3.63. The number of nitrogens with one attached hydrogen (secondary N) is 1. The number of benzene rings is 1. The molecular weight excluding hydrogens is 274 g/mol. The van der Waals surface area contributed by atoms with Gasteiger partial charge in [0.05, 0.1) is 0 Å². The quantitative estimate of drug-likeness (QED) is 0.943. The molecule has 5 nitrogen and oxygen atoms in total. The topological polar surface area (TPSA) is 44.3 Å². The molecule has 22 heavy (non-hydrogen) atoms. The second-order valence-electron chi connectivity index (χ2n) is 5.92. The summed E-state index contributed by atoms with van der Waals surface area (Å²) in [4.78, 5) is 13.4. The summed E-state index contributed by atoms with van der Waals surface area (Å²) in [6.45, 7) is 8.41. The lowest BCUT2D eigenvalue weighted by Gasteiger charge is -2.33. The predicted octanol–water partition coefficient (Wildman–Crippen LogP) is 2.59. The van der Waals surface area contributed by atoms with Gasteiger partial charge < -0.3 is 15.1 Å². The van der Waals surface area contributed by atoms with E-state index >= 15 is 0 Å². The Morgan fingerprint density at radius 2 is 1.82 bits per heavy atom. The minimum atomic E-state index is 0.845. The number of aryl methyl sites for hydroxylation is 1. The highest BCUT2D eigenvalue weighted by molar-refractivity contribution is 5.63.